The summed E-state index contributed by atoms with van der Waals surface area (Å²) >= 11 is 0. The third-order valence-electron chi connectivity index (χ3n) is 4.24. The van der Waals surface area contributed by atoms with Gasteiger partial charge >= 0.3 is 15.9 Å². The van der Waals surface area contributed by atoms with E-state index in [1.54, 1.807) is 12.1 Å². The Balaban J connectivity index is 1.75. The standard InChI is InChI=1S/C20H27NO6Si/c1-14(2)11-12-20(3,4)28-27-16-7-5-15(6-8-16)13-25-19(24)26-21-17(22)9-10-18(21)23/h5-8,14H,9-13H2,1-4H3. The Hall–Kier alpha value is -2.35. The van der Waals surface area contributed by atoms with Crippen molar-refractivity contribution < 1.29 is 28.4 Å². The molecule has 152 valence electrons. The lowest BCUT2D eigenvalue weighted by Gasteiger charge is -2.23. The Labute approximate surface area is 168 Å². The van der Waals surface area contributed by atoms with E-state index in [9.17, 15) is 14.4 Å². The first-order valence-electron chi connectivity index (χ1n) is 9.40. The van der Waals surface area contributed by atoms with Crippen LogP contribution in [0.1, 0.15) is 58.9 Å². The van der Waals surface area contributed by atoms with Gasteiger partial charge in [-0.05, 0) is 35.1 Å². The maximum atomic E-state index is 11.6. The van der Waals surface area contributed by atoms with Gasteiger partial charge in [-0.15, -0.1) is 0 Å². The summed E-state index contributed by atoms with van der Waals surface area (Å²) in [6.07, 6.45) is 1.28. The third kappa shape index (κ3) is 6.99. The van der Waals surface area contributed by atoms with Crippen LogP contribution in [0.25, 0.3) is 0 Å². The van der Waals surface area contributed by atoms with Crippen LogP contribution in [0.5, 0.6) is 5.75 Å². The van der Waals surface area contributed by atoms with E-state index in [2.05, 4.69) is 32.5 Å². The SMILES string of the molecule is CC(C)CCC(C)(C)[Si]Oc1ccc(COC(=O)ON2C(=O)CCC2=O)cc1. The molecule has 0 atom stereocenters. The topological polar surface area (TPSA) is 82.1 Å². The summed E-state index contributed by atoms with van der Waals surface area (Å²) < 4.78 is 10.9. The molecule has 1 aromatic rings. The normalized spacial score (nSPS) is 14.5. The monoisotopic (exact) mass is 405 g/mol. The highest BCUT2D eigenvalue weighted by molar-refractivity contribution is 6.33. The molecular formula is C20H27NO6Si. The molecule has 2 radical (unpaired) electrons. The van der Waals surface area contributed by atoms with Crippen molar-refractivity contribution in [2.24, 2.45) is 5.92 Å². The molecule has 1 aromatic carbocycles. The number of amides is 2. The van der Waals surface area contributed by atoms with Crippen molar-refractivity contribution >= 4 is 27.7 Å². The molecular weight excluding hydrogens is 378 g/mol. The second-order valence-electron chi connectivity index (χ2n) is 7.88. The minimum absolute atomic E-state index is 0.0303. The fourth-order valence-electron chi connectivity index (χ4n) is 2.45. The van der Waals surface area contributed by atoms with Gasteiger partial charge in [0, 0.05) is 12.8 Å². The third-order valence-corrected chi connectivity index (χ3v) is 5.38. The summed E-state index contributed by atoms with van der Waals surface area (Å²) in [5.74, 6) is 0.355. The van der Waals surface area contributed by atoms with Crippen molar-refractivity contribution in [3.8, 4) is 5.75 Å². The van der Waals surface area contributed by atoms with Crippen LogP contribution in [-0.2, 0) is 25.8 Å². The number of carbonyl (C=O) groups excluding carboxylic acids is 3. The van der Waals surface area contributed by atoms with Gasteiger partial charge in [0.25, 0.3) is 11.8 Å². The van der Waals surface area contributed by atoms with Crippen LogP contribution in [0.15, 0.2) is 24.3 Å². The van der Waals surface area contributed by atoms with Crippen molar-refractivity contribution in [3.63, 3.8) is 0 Å². The van der Waals surface area contributed by atoms with Crippen molar-refractivity contribution in [1.82, 2.24) is 5.06 Å². The summed E-state index contributed by atoms with van der Waals surface area (Å²) in [6.45, 7) is 8.82. The Bertz CT molecular complexity index is 685. The molecule has 2 rings (SSSR count). The highest BCUT2D eigenvalue weighted by atomic mass is 28.2. The van der Waals surface area contributed by atoms with E-state index in [4.69, 9.17) is 9.16 Å². The van der Waals surface area contributed by atoms with Crippen LogP contribution in [0, 0.1) is 5.92 Å². The van der Waals surface area contributed by atoms with Crippen LogP contribution in [0.2, 0.25) is 5.04 Å². The molecule has 1 heterocycles. The fraction of sp³-hybridized carbons (Fsp3) is 0.550. The zero-order chi connectivity index (χ0) is 20.7. The summed E-state index contributed by atoms with van der Waals surface area (Å²) in [6, 6.07) is 7.23. The number of imide groups is 1. The minimum atomic E-state index is -1.09. The number of carbonyl (C=O) groups is 3. The molecule has 0 aliphatic carbocycles. The predicted molar refractivity (Wildman–Crippen MR) is 103 cm³/mol. The van der Waals surface area contributed by atoms with Gasteiger partial charge in [0.05, 0.1) is 0 Å². The summed E-state index contributed by atoms with van der Waals surface area (Å²) in [5, 5.41) is 0.585. The molecule has 1 saturated heterocycles. The zero-order valence-corrected chi connectivity index (χ0v) is 17.8. The van der Waals surface area contributed by atoms with Gasteiger partial charge in [0.1, 0.15) is 12.4 Å². The average molecular weight is 406 g/mol. The maximum Gasteiger partial charge on any atom is 0.534 e. The number of nitrogens with zero attached hydrogens (tertiary/aromatic N) is 1. The van der Waals surface area contributed by atoms with E-state index in [0.29, 0.717) is 20.7 Å². The predicted octanol–water partition coefficient (Wildman–Crippen LogP) is 4.04. The highest BCUT2D eigenvalue weighted by Crippen LogP contribution is 2.31. The molecule has 1 aliphatic rings. The average Bonchev–Trinajstić information content (AvgIpc) is 2.96. The van der Waals surface area contributed by atoms with Crippen LogP contribution < -0.4 is 4.43 Å². The largest absolute Gasteiger partial charge is 0.540 e. The van der Waals surface area contributed by atoms with Gasteiger partial charge in [-0.25, -0.2) is 4.79 Å². The van der Waals surface area contributed by atoms with Crippen molar-refractivity contribution in [2.45, 2.75) is 65.0 Å². The van der Waals surface area contributed by atoms with E-state index in [0.717, 1.165) is 17.7 Å². The van der Waals surface area contributed by atoms with Gasteiger partial charge in [-0.3, -0.25) is 14.4 Å². The second kappa shape index (κ2) is 9.72. The van der Waals surface area contributed by atoms with E-state index in [-0.39, 0.29) is 24.5 Å². The lowest BCUT2D eigenvalue weighted by molar-refractivity contribution is -0.177. The molecule has 0 bridgehead atoms. The summed E-state index contributed by atoms with van der Waals surface area (Å²) in [5.41, 5.74) is 0.741. The van der Waals surface area contributed by atoms with Gasteiger partial charge < -0.3 is 9.16 Å². The summed E-state index contributed by atoms with van der Waals surface area (Å²) in [7, 11) is 0.353. The van der Waals surface area contributed by atoms with Crippen molar-refractivity contribution in [3.05, 3.63) is 29.8 Å². The minimum Gasteiger partial charge on any atom is -0.540 e. The molecule has 0 aromatic heterocycles. The molecule has 0 N–H and O–H groups in total. The molecule has 0 unspecified atom stereocenters. The van der Waals surface area contributed by atoms with Crippen molar-refractivity contribution in [1.29, 1.82) is 0 Å². The highest BCUT2D eigenvalue weighted by Gasteiger charge is 2.33. The van der Waals surface area contributed by atoms with Crippen molar-refractivity contribution in [2.75, 3.05) is 0 Å². The van der Waals surface area contributed by atoms with E-state index in [1.165, 1.54) is 6.42 Å². The number of hydroxylamine groups is 2. The molecule has 28 heavy (non-hydrogen) atoms. The first-order valence-corrected chi connectivity index (χ1v) is 10.3. The smallest absolute Gasteiger partial charge is 0.534 e. The number of hydrogen-bond donors (Lipinski definition) is 0. The Kier molecular flexibility index (Phi) is 7.62. The van der Waals surface area contributed by atoms with Crippen LogP contribution in [0.3, 0.4) is 0 Å². The molecule has 0 saturated carbocycles. The molecule has 1 aliphatic heterocycles. The zero-order valence-electron chi connectivity index (χ0n) is 16.8. The van der Waals surface area contributed by atoms with Crippen LogP contribution in [0.4, 0.5) is 4.79 Å². The molecule has 7 nitrogen and oxygen atoms in total. The Morgan fingerprint density at radius 1 is 1.14 bits per heavy atom. The van der Waals surface area contributed by atoms with E-state index >= 15 is 0 Å². The van der Waals surface area contributed by atoms with Crippen LogP contribution in [-0.4, -0.2) is 32.8 Å². The Morgan fingerprint density at radius 3 is 2.32 bits per heavy atom. The maximum absolute atomic E-state index is 11.6. The molecule has 0 spiro atoms. The number of ether oxygens (including phenoxy) is 1. The van der Waals surface area contributed by atoms with Gasteiger partial charge in [0.2, 0.25) is 0 Å². The quantitative estimate of drug-likeness (QED) is 0.350. The molecule has 2 amide bonds. The van der Waals surface area contributed by atoms with E-state index in [1.807, 2.05) is 12.1 Å². The lowest BCUT2D eigenvalue weighted by atomic mass is 10.0. The molecule has 8 heteroatoms. The van der Waals surface area contributed by atoms with Gasteiger partial charge in [-0.2, -0.15) is 0 Å². The summed E-state index contributed by atoms with van der Waals surface area (Å²) in [4.78, 5) is 39.1. The number of benzene rings is 1. The van der Waals surface area contributed by atoms with Gasteiger partial charge in [0.15, 0.2) is 0 Å². The lowest BCUT2D eigenvalue weighted by Crippen LogP contribution is -2.32. The number of rotatable bonds is 9. The first kappa shape index (κ1) is 21.9. The second-order valence-corrected chi connectivity index (χ2v) is 9.64. The Morgan fingerprint density at radius 2 is 1.75 bits per heavy atom. The van der Waals surface area contributed by atoms with Gasteiger partial charge in [-0.1, -0.05) is 51.3 Å². The van der Waals surface area contributed by atoms with E-state index < -0.39 is 18.0 Å². The van der Waals surface area contributed by atoms with Crippen LogP contribution >= 0.6 is 0 Å². The fourth-order valence-corrected chi connectivity index (χ4v) is 3.23. The first-order chi connectivity index (χ1) is 13.2. The number of hydrogen-bond acceptors (Lipinski definition) is 6. The molecule has 1 fully saturated rings.